The molecule has 3 aliphatic rings. The molecule has 0 radical (unpaired) electrons. The van der Waals surface area contributed by atoms with Crippen LogP contribution in [-0.2, 0) is 4.79 Å². The van der Waals surface area contributed by atoms with Crippen molar-refractivity contribution in [1.82, 2.24) is 10.6 Å². The Morgan fingerprint density at radius 1 is 1.08 bits per heavy atom. The quantitative estimate of drug-likeness (QED) is 0.653. The first kappa shape index (κ1) is 17.3. The van der Waals surface area contributed by atoms with Gasteiger partial charge in [0, 0.05) is 17.8 Å². The summed E-state index contributed by atoms with van der Waals surface area (Å²) in [5.41, 5.74) is 8.04. The molecule has 3 fully saturated rings. The number of benzene rings is 1. The molecule has 0 spiro atoms. The summed E-state index contributed by atoms with van der Waals surface area (Å²) in [5, 5.41) is 8.86. The van der Waals surface area contributed by atoms with Crippen LogP contribution in [0.15, 0.2) is 24.3 Å². The van der Waals surface area contributed by atoms with Crippen LogP contribution in [0.2, 0.25) is 0 Å². The van der Waals surface area contributed by atoms with E-state index in [1.54, 1.807) is 0 Å². The van der Waals surface area contributed by atoms with E-state index < -0.39 is 0 Å². The molecule has 26 heavy (non-hydrogen) atoms. The fraction of sp³-hybridized carbons (Fsp3) is 0.600. The predicted octanol–water partition coefficient (Wildman–Crippen LogP) is 2.52. The first-order chi connectivity index (χ1) is 12.5. The number of nitrogens with one attached hydrogen (secondary N) is 3. The third kappa shape index (κ3) is 3.56. The lowest BCUT2D eigenvalue weighted by Crippen LogP contribution is -2.45. The van der Waals surface area contributed by atoms with Crippen LogP contribution in [0, 0.1) is 17.8 Å². The fourth-order valence-corrected chi connectivity index (χ4v) is 4.55. The Morgan fingerprint density at radius 3 is 2.38 bits per heavy atom. The van der Waals surface area contributed by atoms with E-state index in [1.165, 1.54) is 6.42 Å². The second kappa shape index (κ2) is 6.91. The molecule has 3 amide bonds. The number of carbonyl (C=O) groups excluding carboxylic acids is 2. The van der Waals surface area contributed by atoms with Crippen molar-refractivity contribution in [1.29, 1.82) is 0 Å². The highest BCUT2D eigenvalue weighted by molar-refractivity contribution is 5.89. The van der Waals surface area contributed by atoms with Crippen molar-refractivity contribution in [2.24, 2.45) is 23.5 Å². The number of urea groups is 1. The summed E-state index contributed by atoms with van der Waals surface area (Å²) in [6.45, 7) is 1.98. The third-order valence-corrected chi connectivity index (χ3v) is 6.22. The van der Waals surface area contributed by atoms with Crippen LogP contribution in [0.3, 0.4) is 0 Å². The zero-order valence-electron chi connectivity index (χ0n) is 15.2. The minimum absolute atomic E-state index is 0.0116. The van der Waals surface area contributed by atoms with Crippen LogP contribution < -0.4 is 21.7 Å². The lowest BCUT2D eigenvalue weighted by molar-refractivity contribution is -0.127. The normalized spacial score (nSPS) is 30.7. The van der Waals surface area contributed by atoms with Crippen molar-refractivity contribution in [3.8, 4) is 0 Å². The van der Waals surface area contributed by atoms with Gasteiger partial charge in [-0.15, -0.1) is 0 Å². The minimum Gasteiger partial charge on any atom is -0.349 e. The summed E-state index contributed by atoms with van der Waals surface area (Å²) in [7, 11) is 0. The molecule has 6 nitrogen and oxygen atoms in total. The van der Waals surface area contributed by atoms with Crippen LogP contribution in [-0.4, -0.2) is 24.0 Å². The van der Waals surface area contributed by atoms with Crippen molar-refractivity contribution in [3.63, 3.8) is 0 Å². The number of anilines is 1. The molecule has 3 aliphatic carbocycles. The van der Waals surface area contributed by atoms with E-state index >= 15 is 0 Å². The molecule has 5 unspecified atom stereocenters. The van der Waals surface area contributed by atoms with E-state index in [0.29, 0.717) is 17.9 Å². The number of hydrogen-bond acceptors (Lipinski definition) is 3. The molecule has 0 aromatic heterocycles. The summed E-state index contributed by atoms with van der Waals surface area (Å²) in [4.78, 5) is 24.5. The Bertz CT molecular complexity index is 684. The van der Waals surface area contributed by atoms with E-state index in [9.17, 15) is 9.59 Å². The highest BCUT2D eigenvalue weighted by Crippen LogP contribution is 2.47. The maximum atomic E-state index is 12.7. The molecule has 6 heteroatoms. The van der Waals surface area contributed by atoms with Gasteiger partial charge in [-0.05, 0) is 68.6 Å². The van der Waals surface area contributed by atoms with Crippen molar-refractivity contribution in [3.05, 3.63) is 29.8 Å². The standard InChI is InChI=1S/C20H28N4O2/c1-11(22-19(25)17-13-2-3-14(10-13)18(17)21)12-4-6-15(7-5-12)23-20(26)24-16-8-9-16/h4-7,11,13-14,16-18H,2-3,8-10,21H2,1H3,(H,22,25)(H2,23,24,26). The Kier molecular flexibility index (Phi) is 4.61. The van der Waals surface area contributed by atoms with Gasteiger partial charge in [0.1, 0.15) is 0 Å². The zero-order chi connectivity index (χ0) is 18.3. The lowest BCUT2D eigenvalue weighted by atomic mass is 9.84. The maximum Gasteiger partial charge on any atom is 0.319 e. The Morgan fingerprint density at radius 2 is 1.77 bits per heavy atom. The van der Waals surface area contributed by atoms with Crippen LogP contribution in [0.1, 0.15) is 50.6 Å². The van der Waals surface area contributed by atoms with Crippen molar-refractivity contribution < 1.29 is 9.59 Å². The minimum atomic E-state index is -0.160. The van der Waals surface area contributed by atoms with Crippen molar-refractivity contribution in [2.45, 2.75) is 57.2 Å². The third-order valence-electron chi connectivity index (χ3n) is 6.22. The van der Waals surface area contributed by atoms with E-state index in [0.717, 1.165) is 36.9 Å². The topological polar surface area (TPSA) is 96.2 Å². The maximum absolute atomic E-state index is 12.7. The smallest absolute Gasteiger partial charge is 0.319 e. The van der Waals surface area contributed by atoms with Crippen LogP contribution >= 0.6 is 0 Å². The average Bonchev–Trinajstić information content (AvgIpc) is 3.19. The molecular formula is C20H28N4O2. The van der Waals surface area contributed by atoms with Gasteiger partial charge in [-0.2, -0.15) is 0 Å². The molecule has 4 rings (SSSR count). The molecule has 1 aromatic rings. The molecule has 0 heterocycles. The van der Waals surface area contributed by atoms with Crippen LogP contribution in [0.5, 0.6) is 0 Å². The Hall–Kier alpha value is -2.08. The predicted molar refractivity (Wildman–Crippen MR) is 100 cm³/mol. The number of rotatable bonds is 5. The summed E-state index contributed by atoms with van der Waals surface area (Å²) in [5.74, 6) is 1.03. The second-order valence-electron chi connectivity index (χ2n) is 8.16. The first-order valence-electron chi connectivity index (χ1n) is 9.74. The molecule has 3 saturated carbocycles. The Labute approximate surface area is 154 Å². The van der Waals surface area contributed by atoms with Gasteiger partial charge in [0.2, 0.25) is 5.91 Å². The Balaban J connectivity index is 1.32. The fourth-order valence-electron chi connectivity index (χ4n) is 4.55. The van der Waals surface area contributed by atoms with Gasteiger partial charge < -0.3 is 21.7 Å². The van der Waals surface area contributed by atoms with Gasteiger partial charge >= 0.3 is 6.03 Å². The van der Waals surface area contributed by atoms with Crippen molar-refractivity contribution in [2.75, 3.05) is 5.32 Å². The number of carbonyl (C=O) groups is 2. The van der Waals surface area contributed by atoms with E-state index in [1.807, 2.05) is 31.2 Å². The van der Waals surface area contributed by atoms with Crippen LogP contribution in [0.25, 0.3) is 0 Å². The number of hydrogen-bond donors (Lipinski definition) is 4. The molecule has 5 atom stereocenters. The summed E-state index contributed by atoms with van der Waals surface area (Å²) < 4.78 is 0. The molecule has 0 aliphatic heterocycles. The molecule has 1 aromatic carbocycles. The van der Waals surface area contributed by atoms with E-state index in [-0.39, 0.29) is 29.9 Å². The van der Waals surface area contributed by atoms with Gasteiger partial charge in [0.25, 0.3) is 0 Å². The van der Waals surface area contributed by atoms with Gasteiger partial charge in [-0.3, -0.25) is 4.79 Å². The number of amides is 3. The molecular weight excluding hydrogens is 328 g/mol. The molecule has 0 saturated heterocycles. The van der Waals surface area contributed by atoms with Gasteiger partial charge in [0.15, 0.2) is 0 Å². The van der Waals surface area contributed by atoms with Gasteiger partial charge in [0.05, 0.1) is 12.0 Å². The summed E-state index contributed by atoms with van der Waals surface area (Å²) >= 11 is 0. The largest absolute Gasteiger partial charge is 0.349 e. The first-order valence-corrected chi connectivity index (χ1v) is 9.74. The van der Waals surface area contributed by atoms with Gasteiger partial charge in [-0.25, -0.2) is 4.79 Å². The number of nitrogens with two attached hydrogens (primary N) is 1. The molecule has 5 N–H and O–H groups in total. The van der Waals surface area contributed by atoms with Crippen LogP contribution in [0.4, 0.5) is 10.5 Å². The van der Waals surface area contributed by atoms with Gasteiger partial charge in [-0.1, -0.05) is 12.1 Å². The average molecular weight is 356 g/mol. The highest BCUT2D eigenvalue weighted by atomic mass is 16.2. The zero-order valence-corrected chi connectivity index (χ0v) is 15.2. The number of fused-ring (bicyclic) bond motifs is 2. The molecule has 140 valence electrons. The lowest BCUT2D eigenvalue weighted by Gasteiger charge is -2.28. The van der Waals surface area contributed by atoms with Crippen molar-refractivity contribution >= 4 is 17.6 Å². The monoisotopic (exact) mass is 356 g/mol. The second-order valence-corrected chi connectivity index (χ2v) is 8.16. The highest BCUT2D eigenvalue weighted by Gasteiger charge is 2.49. The van der Waals surface area contributed by atoms with E-state index in [4.69, 9.17) is 5.73 Å². The summed E-state index contributed by atoms with van der Waals surface area (Å²) in [6, 6.07) is 7.73. The summed E-state index contributed by atoms with van der Waals surface area (Å²) in [6.07, 6.45) is 5.55. The molecule has 2 bridgehead atoms. The SMILES string of the molecule is CC(NC(=O)C1C2CCC(C2)C1N)c1ccc(NC(=O)NC2CC2)cc1. The van der Waals surface area contributed by atoms with E-state index in [2.05, 4.69) is 16.0 Å².